The van der Waals surface area contributed by atoms with Gasteiger partial charge in [-0.2, -0.15) is 18.3 Å². The third kappa shape index (κ3) is 18.2. The molecule has 0 spiro atoms. The Morgan fingerprint density at radius 1 is 0.259 bits per heavy atom. The molecule has 0 saturated carbocycles. The van der Waals surface area contributed by atoms with Crippen LogP contribution in [-0.4, -0.2) is 105 Å². The Morgan fingerprint density at radius 3 is 1.13 bits per heavy atom. The fourth-order valence-electron chi connectivity index (χ4n) is 23.2. The van der Waals surface area contributed by atoms with Crippen molar-refractivity contribution in [2.45, 2.75) is 148 Å². The van der Waals surface area contributed by atoms with Crippen LogP contribution in [0.2, 0.25) is 39.3 Å². The topological polar surface area (TPSA) is 110 Å². The molecule has 6 aliphatic rings. The average molecular weight is 2130 g/mol. The van der Waals surface area contributed by atoms with Crippen molar-refractivity contribution in [2.75, 3.05) is 35.8 Å². The first-order chi connectivity index (χ1) is 70.3. The number of benzene rings is 12. The summed E-state index contributed by atoms with van der Waals surface area (Å²) in [5.74, 6) is 0. The van der Waals surface area contributed by atoms with Crippen LogP contribution >= 0.6 is 11.8 Å². The predicted molar refractivity (Wildman–Crippen MR) is 617 cm³/mol. The van der Waals surface area contributed by atoms with Gasteiger partial charge in [-0.3, -0.25) is 19.9 Å². The molecule has 18 aromatic rings. The fraction of sp³-hybridized carbons (Fsp3) is 0.238. The molecule has 24 rings (SSSR count). The summed E-state index contributed by atoms with van der Waals surface area (Å²) >= 11 is 2.50. The van der Waals surface area contributed by atoms with Crippen molar-refractivity contribution in [2.24, 2.45) is 42.3 Å². The summed E-state index contributed by atoms with van der Waals surface area (Å²) in [7, 11) is 13.8. The van der Waals surface area contributed by atoms with Gasteiger partial charge in [0, 0.05) is 53.1 Å². The number of aryl methyl sites for hydroxylation is 12. The van der Waals surface area contributed by atoms with Gasteiger partial charge in [0.2, 0.25) is 22.8 Å². The smallest absolute Gasteiger partial charge is 0.230 e. The largest absolute Gasteiger partial charge is 0.252 e. The second kappa shape index (κ2) is 40.3. The van der Waals surface area contributed by atoms with Gasteiger partial charge in [-0.15, -0.1) is 0 Å². The molecule has 0 atom stereocenters. The monoisotopic (exact) mass is 2130 g/mol. The van der Waals surface area contributed by atoms with E-state index in [1.807, 2.05) is 123 Å². The van der Waals surface area contributed by atoms with Crippen LogP contribution in [0.5, 0.6) is 0 Å². The molecule has 0 N–H and O–H groups in total. The molecular formula is C126H135N15SSe2Si3+6. The van der Waals surface area contributed by atoms with Crippen LogP contribution in [0.15, 0.2) is 340 Å². The molecule has 0 radical (unpaired) electrons. The molecular weight excluding hydrogens is 2000 g/mol. The molecule has 0 bridgehead atoms. The number of hydrogen-bond acceptors (Lipinski definition) is 10. The summed E-state index contributed by atoms with van der Waals surface area (Å²) in [6.07, 6.45) is 35.1. The second-order valence-corrected chi connectivity index (χ2v) is 61.5. The molecule has 0 saturated heterocycles. The molecule has 12 heterocycles. The summed E-state index contributed by atoms with van der Waals surface area (Å²) in [5.41, 5.74) is 39.3. The van der Waals surface area contributed by atoms with E-state index in [1.54, 1.807) is 29.7 Å². The van der Waals surface area contributed by atoms with Gasteiger partial charge < -0.3 is 14.7 Å². The Morgan fingerprint density at radius 2 is 0.599 bits per heavy atom. The molecule has 0 aliphatic carbocycles. The Bertz CT molecular complexity index is 7920. The van der Waals surface area contributed by atoms with E-state index in [9.17, 15) is 0 Å². The van der Waals surface area contributed by atoms with Crippen LogP contribution in [0.3, 0.4) is 0 Å². The Hall–Kier alpha value is -13.4. The van der Waals surface area contributed by atoms with Crippen LogP contribution < -0.4 is 91.1 Å². The maximum Gasteiger partial charge on any atom is 0.230 e. The van der Waals surface area contributed by atoms with Crippen LogP contribution in [0, 0.1) is 41.5 Å². The van der Waals surface area contributed by atoms with Gasteiger partial charge in [-0.1, -0.05) is 186 Å². The number of para-hydroxylation sites is 3. The quantitative estimate of drug-likeness (QED) is 0.118. The fourth-order valence-corrected chi connectivity index (χ4v) is 43.4. The molecule has 12 aromatic carbocycles. The zero-order valence-electron chi connectivity index (χ0n) is 90.1. The van der Waals surface area contributed by atoms with Gasteiger partial charge in [0.05, 0.1) is 94.6 Å². The summed E-state index contributed by atoms with van der Waals surface area (Å²) in [6.45, 7) is 42.2. The maximum atomic E-state index is 4.43. The SMILES string of the molecule is Cc1ccc2c(c1-c1cncc[n+]1C)N(C)c1ccccc1C2(C)C.Cc1ccc2c(c1-c1cncc[n+]1C)N(C)c1ccccc1S2.Cc1ccc2c(c1-c1cncc[n+]1C)N(C)c1ccccc1[Si]2(C)C.Cc1ccc2c(c1-c1cncc[n+]1C)[Se]c1ccccc1C2(C)C.Cc1ccc2c(c1-c1cncc[n+]1C)[Se]c1ccccc1[Si]2(C)C.Cc1ccc2c(c1-c1cncc[n+]1C)[Si](C)(C)c1ccccc1C2(C)C. The summed E-state index contributed by atoms with van der Waals surface area (Å²) in [4.78, 5) is 35.9. The van der Waals surface area contributed by atoms with Gasteiger partial charge >= 0.3 is 300 Å². The summed E-state index contributed by atoms with van der Waals surface area (Å²) in [6, 6.07) is 80.8. The summed E-state index contributed by atoms with van der Waals surface area (Å²) in [5, 5.41) is 9.36. The van der Waals surface area contributed by atoms with Crippen molar-refractivity contribution < 1.29 is 27.4 Å². The van der Waals surface area contributed by atoms with Crippen molar-refractivity contribution in [3.63, 3.8) is 0 Å². The zero-order chi connectivity index (χ0) is 104. The molecule has 6 aliphatic heterocycles. The number of hydrogen-bond donors (Lipinski definition) is 0. The number of aromatic nitrogens is 12. The maximum absolute atomic E-state index is 4.43. The van der Waals surface area contributed by atoms with Crippen LogP contribution in [0.4, 0.5) is 34.1 Å². The van der Waals surface area contributed by atoms with Crippen LogP contribution in [0.25, 0.3) is 67.5 Å². The third-order valence-corrected chi connectivity index (χ3v) is 49.3. The number of rotatable bonds is 6. The normalized spacial score (nSPS) is 14.8. The molecule has 15 nitrogen and oxygen atoms in total. The van der Waals surface area contributed by atoms with E-state index in [-0.39, 0.29) is 16.2 Å². The van der Waals surface area contributed by atoms with E-state index in [1.165, 1.54) is 180 Å². The molecule has 0 fully saturated rings. The minimum atomic E-state index is -1.84. The van der Waals surface area contributed by atoms with Gasteiger partial charge in [0.25, 0.3) is 0 Å². The Balaban J connectivity index is 0.000000111. The summed E-state index contributed by atoms with van der Waals surface area (Å²) < 4.78 is 19.2. The molecule has 738 valence electrons. The zero-order valence-corrected chi connectivity index (χ0v) is 97.4. The second-order valence-electron chi connectivity index (χ2n) is 43.1. The number of fused-ring (bicyclic) bond motifs is 12. The Kier molecular flexibility index (Phi) is 28.0. The molecule has 0 unspecified atom stereocenters. The van der Waals surface area contributed by atoms with E-state index in [0.29, 0.717) is 29.9 Å². The van der Waals surface area contributed by atoms with E-state index < -0.39 is 24.2 Å². The first-order valence-corrected chi connectivity index (χ1v) is 64.0. The first kappa shape index (κ1) is 102. The predicted octanol–water partition coefficient (Wildman–Crippen LogP) is 17.4. The minimum Gasteiger partial charge on any atom is -0.252 e. The molecule has 21 heteroatoms. The minimum absolute atomic E-state index is 0.0116. The van der Waals surface area contributed by atoms with Crippen LogP contribution in [0.1, 0.15) is 108 Å². The molecule has 0 amide bonds. The van der Waals surface area contributed by atoms with E-state index >= 15 is 0 Å². The average Bonchev–Trinajstić information content (AvgIpc) is 0.768. The van der Waals surface area contributed by atoms with Crippen molar-refractivity contribution >= 4 is 149 Å². The van der Waals surface area contributed by atoms with Crippen molar-refractivity contribution in [1.82, 2.24) is 29.9 Å². The van der Waals surface area contributed by atoms with Crippen molar-refractivity contribution in [3.05, 3.63) is 397 Å². The van der Waals surface area contributed by atoms with Crippen LogP contribution in [-0.2, 0) is 58.5 Å². The van der Waals surface area contributed by atoms with Gasteiger partial charge in [-0.25, -0.2) is 0 Å². The van der Waals surface area contributed by atoms with Crippen molar-refractivity contribution in [3.8, 4) is 67.5 Å². The number of nitrogens with zero attached hydrogens (tertiary/aromatic N) is 15. The van der Waals surface area contributed by atoms with Gasteiger partial charge in [0.1, 0.15) is 44.3 Å². The molecule has 6 aromatic heterocycles. The van der Waals surface area contributed by atoms with E-state index in [4.69, 9.17) is 0 Å². The van der Waals surface area contributed by atoms with E-state index in [0.717, 1.165) is 17.1 Å². The van der Waals surface area contributed by atoms with E-state index in [2.05, 4.69) is 476 Å². The number of anilines is 6. The van der Waals surface area contributed by atoms with Gasteiger partial charge in [-0.05, 0) is 118 Å². The Labute approximate surface area is 889 Å². The molecule has 147 heavy (non-hydrogen) atoms. The first-order valence-electron chi connectivity index (χ1n) is 50.7. The standard InChI is InChI=1S/C23H27N2Si.C22H24N3.C21H24N3Si.C21H21N2Se.C20H21N2SeSi.C19H18N3S/c1-16-11-12-18-22(21(16)19-15-24-13-14-25(19)4)26(5,6)20-10-8-7-9-17(20)23(18,2)3;1-15-10-11-17-21(20(15)19-14-23-12-13-24(19)4)25(5)18-9-7-6-8-16(18)22(17,2)3;1-15-10-11-19-21(20(15)17-14-22-12-13-23(17)2)24(3)16-8-6-7-9-18(16)25(19,4)5;1-14-9-10-16-20(19(14)17-13-22-11-12-23(17)4)24-18-8-6-5-7-15(18)21(16,2)3;1-14-9-10-18-20(19(14)15-13-21-11-12-22(15)2)23-16-7-5-6-8-17(16)24(18,3)4;1-13-8-9-17-19(18(13)15-12-20-10-11-21(15)2)22(3)14-6-4-5-7-16(14)23-17/h7-15H,1-6H3;2*6-14H,1-5H3;2*5-13H,1-4H3;4-12H,1-3H3/q6*+1. The van der Waals surface area contributed by atoms with Gasteiger partial charge in [0.15, 0.2) is 24.8 Å². The third-order valence-electron chi connectivity index (χ3n) is 31.7. The van der Waals surface area contributed by atoms with Crippen molar-refractivity contribution in [1.29, 1.82) is 0 Å².